The van der Waals surface area contributed by atoms with Crippen molar-refractivity contribution in [2.45, 2.75) is 6.18 Å². The van der Waals surface area contributed by atoms with Crippen molar-refractivity contribution < 1.29 is 13.2 Å². The Labute approximate surface area is 117 Å². The average molecular weight is 288 g/mol. The predicted molar refractivity (Wildman–Crippen MR) is 68.1 cm³/mol. The van der Waals surface area contributed by atoms with Gasteiger partial charge in [0.05, 0.1) is 17.2 Å². The monoisotopic (exact) mass is 288 g/mol. The highest BCUT2D eigenvalue weighted by Crippen LogP contribution is 2.29. The third-order valence-electron chi connectivity index (χ3n) is 2.94. The van der Waals surface area contributed by atoms with Gasteiger partial charge in [0.15, 0.2) is 11.5 Å². The molecular weight excluding hydrogens is 281 g/mol. The Balaban J connectivity index is 2.06. The largest absolute Gasteiger partial charge is 0.416 e. The number of aromatic nitrogens is 3. The fourth-order valence-corrected chi connectivity index (χ4v) is 1.87. The zero-order valence-corrected chi connectivity index (χ0v) is 10.5. The Morgan fingerprint density at radius 1 is 1.10 bits per heavy atom. The lowest BCUT2D eigenvalue weighted by Crippen LogP contribution is -2.05. The van der Waals surface area contributed by atoms with Crippen LogP contribution in [0.1, 0.15) is 11.1 Å². The molecule has 0 unspecified atom stereocenters. The molecule has 2 heterocycles. The molecule has 0 atom stereocenters. The van der Waals surface area contributed by atoms with Crippen LogP contribution in [0.4, 0.5) is 13.2 Å². The summed E-state index contributed by atoms with van der Waals surface area (Å²) in [5.41, 5.74) is 0.464. The molecule has 3 rings (SSSR count). The van der Waals surface area contributed by atoms with Crippen LogP contribution in [0.15, 0.2) is 42.6 Å². The van der Waals surface area contributed by atoms with Crippen LogP contribution < -0.4 is 0 Å². The summed E-state index contributed by atoms with van der Waals surface area (Å²) >= 11 is 0. The summed E-state index contributed by atoms with van der Waals surface area (Å²) in [6, 6.07) is 10.4. The summed E-state index contributed by atoms with van der Waals surface area (Å²) < 4.78 is 39.2. The van der Waals surface area contributed by atoms with E-state index in [0.717, 1.165) is 12.1 Å². The molecule has 0 amide bonds. The molecule has 0 spiro atoms. The number of halogens is 3. The first kappa shape index (κ1) is 13.1. The van der Waals surface area contributed by atoms with Crippen LogP contribution in [0.3, 0.4) is 0 Å². The van der Waals surface area contributed by atoms with E-state index in [-0.39, 0.29) is 5.65 Å². The number of pyridine rings is 1. The molecular formula is C14H7F3N4. The van der Waals surface area contributed by atoms with E-state index >= 15 is 0 Å². The Morgan fingerprint density at radius 3 is 2.43 bits per heavy atom. The Bertz CT molecular complexity index is 841. The molecule has 104 valence electrons. The second-order valence-corrected chi connectivity index (χ2v) is 4.34. The van der Waals surface area contributed by atoms with E-state index in [1.54, 1.807) is 24.3 Å². The van der Waals surface area contributed by atoms with Gasteiger partial charge < -0.3 is 0 Å². The number of hydrogen-bond donors (Lipinski definition) is 0. The van der Waals surface area contributed by atoms with Crippen LogP contribution in [-0.4, -0.2) is 14.6 Å². The van der Waals surface area contributed by atoms with Gasteiger partial charge in [-0.2, -0.15) is 18.4 Å². The number of alkyl halides is 3. The molecule has 4 nitrogen and oxygen atoms in total. The first-order valence-electron chi connectivity index (χ1n) is 5.91. The predicted octanol–water partition coefficient (Wildman–Crippen LogP) is 3.29. The van der Waals surface area contributed by atoms with E-state index in [1.807, 2.05) is 6.07 Å². The summed E-state index contributed by atoms with van der Waals surface area (Å²) in [4.78, 5) is 4.08. The first-order chi connectivity index (χ1) is 9.97. The minimum atomic E-state index is -4.41. The summed E-state index contributed by atoms with van der Waals surface area (Å²) in [5, 5.41) is 12.8. The van der Waals surface area contributed by atoms with E-state index in [2.05, 4.69) is 10.1 Å². The first-order valence-corrected chi connectivity index (χ1v) is 5.91. The van der Waals surface area contributed by atoms with E-state index in [0.29, 0.717) is 17.0 Å². The van der Waals surface area contributed by atoms with E-state index in [9.17, 15) is 13.2 Å². The second kappa shape index (κ2) is 4.59. The van der Waals surface area contributed by atoms with Crippen LogP contribution in [-0.2, 0) is 6.18 Å². The van der Waals surface area contributed by atoms with Crippen LogP contribution in [0, 0.1) is 11.3 Å². The maximum absolute atomic E-state index is 12.6. The van der Waals surface area contributed by atoms with E-state index < -0.39 is 11.7 Å². The van der Waals surface area contributed by atoms with Crippen molar-refractivity contribution in [1.82, 2.24) is 14.6 Å². The van der Waals surface area contributed by atoms with Crippen LogP contribution in [0.2, 0.25) is 0 Å². The average Bonchev–Trinajstić information content (AvgIpc) is 2.89. The topological polar surface area (TPSA) is 54.0 Å². The molecule has 0 fully saturated rings. The number of fused-ring (bicyclic) bond motifs is 1. The quantitative estimate of drug-likeness (QED) is 0.690. The Morgan fingerprint density at radius 2 is 1.81 bits per heavy atom. The number of hydrogen-bond acceptors (Lipinski definition) is 3. The fraction of sp³-hybridized carbons (Fsp3) is 0.0714. The van der Waals surface area contributed by atoms with Gasteiger partial charge in [-0.05, 0) is 36.4 Å². The molecule has 0 aliphatic carbocycles. The van der Waals surface area contributed by atoms with Gasteiger partial charge in [0.25, 0.3) is 0 Å². The highest BCUT2D eigenvalue weighted by atomic mass is 19.4. The third-order valence-corrected chi connectivity index (χ3v) is 2.94. The van der Waals surface area contributed by atoms with Crippen molar-refractivity contribution in [3.8, 4) is 17.5 Å². The minimum absolute atomic E-state index is 0.115. The van der Waals surface area contributed by atoms with Crippen molar-refractivity contribution in [2.75, 3.05) is 0 Å². The highest BCUT2D eigenvalue weighted by molar-refractivity contribution is 5.59. The standard InChI is InChI=1S/C14H7F3N4/c15-14(16,17)11-5-6-21-12(7-11)19-13(20-21)10-3-1-9(8-18)2-4-10/h1-7H. The Hall–Kier alpha value is -2.88. The summed E-state index contributed by atoms with van der Waals surface area (Å²) in [5.74, 6) is 0.304. The molecule has 0 saturated carbocycles. The molecule has 0 N–H and O–H groups in total. The van der Waals surface area contributed by atoms with Gasteiger partial charge in [-0.25, -0.2) is 9.50 Å². The SMILES string of the molecule is N#Cc1ccc(-c2nc3cc(C(F)(F)F)ccn3n2)cc1. The van der Waals surface area contributed by atoms with Gasteiger partial charge in [0.1, 0.15) is 0 Å². The molecule has 0 saturated heterocycles. The summed E-state index contributed by atoms with van der Waals surface area (Å²) in [7, 11) is 0. The number of rotatable bonds is 1. The second-order valence-electron chi connectivity index (χ2n) is 4.34. The van der Waals surface area contributed by atoms with Crippen molar-refractivity contribution in [3.63, 3.8) is 0 Å². The maximum Gasteiger partial charge on any atom is 0.416 e. The molecule has 0 aliphatic rings. The van der Waals surface area contributed by atoms with Gasteiger partial charge in [0, 0.05) is 11.8 Å². The van der Waals surface area contributed by atoms with Crippen molar-refractivity contribution in [3.05, 3.63) is 53.7 Å². The highest BCUT2D eigenvalue weighted by Gasteiger charge is 2.30. The smallest absolute Gasteiger partial charge is 0.220 e. The summed E-state index contributed by atoms with van der Waals surface area (Å²) in [6.07, 6.45) is -3.19. The fourth-order valence-electron chi connectivity index (χ4n) is 1.87. The zero-order valence-electron chi connectivity index (χ0n) is 10.5. The molecule has 7 heteroatoms. The molecule has 2 aromatic heterocycles. The minimum Gasteiger partial charge on any atom is -0.220 e. The van der Waals surface area contributed by atoms with Crippen LogP contribution in [0.25, 0.3) is 17.0 Å². The Kier molecular flexibility index (Phi) is 2.87. The van der Waals surface area contributed by atoms with Gasteiger partial charge in [0.2, 0.25) is 0 Å². The van der Waals surface area contributed by atoms with Crippen molar-refractivity contribution >= 4 is 5.65 Å². The van der Waals surface area contributed by atoms with Gasteiger partial charge >= 0.3 is 6.18 Å². The van der Waals surface area contributed by atoms with Gasteiger partial charge in [-0.3, -0.25) is 0 Å². The molecule has 0 bridgehead atoms. The third kappa shape index (κ3) is 2.43. The molecule has 21 heavy (non-hydrogen) atoms. The van der Waals surface area contributed by atoms with E-state index in [1.165, 1.54) is 10.7 Å². The molecule has 0 aliphatic heterocycles. The molecule has 0 radical (unpaired) electrons. The lowest BCUT2D eigenvalue weighted by atomic mass is 10.1. The lowest BCUT2D eigenvalue weighted by molar-refractivity contribution is -0.137. The van der Waals surface area contributed by atoms with E-state index in [4.69, 9.17) is 5.26 Å². The zero-order chi connectivity index (χ0) is 15.0. The van der Waals surface area contributed by atoms with Gasteiger partial charge in [-0.15, -0.1) is 5.10 Å². The molecule has 1 aromatic carbocycles. The molecule has 3 aromatic rings. The summed E-state index contributed by atoms with van der Waals surface area (Å²) in [6.45, 7) is 0. The van der Waals surface area contributed by atoms with Crippen LogP contribution in [0.5, 0.6) is 0 Å². The van der Waals surface area contributed by atoms with Crippen molar-refractivity contribution in [1.29, 1.82) is 5.26 Å². The number of nitrogens with zero attached hydrogens (tertiary/aromatic N) is 4. The van der Waals surface area contributed by atoms with Crippen LogP contribution >= 0.6 is 0 Å². The number of nitriles is 1. The normalized spacial score (nSPS) is 11.5. The maximum atomic E-state index is 12.6. The van der Waals surface area contributed by atoms with Crippen molar-refractivity contribution in [2.24, 2.45) is 0 Å². The lowest BCUT2D eigenvalue weighted by Gasteiger charge is -2.05. The van der Waals surface area contributed by atoms with Gasteiger partial charge in [-0.1, -0.05) is 0 Å². The number of benzene rings is 1.